The molecule has 27 heavy (non-hydrogen) atoms. The molecule has 0 spiro atoms. The van der Waals surface area contributed by atoms with Gasteiger partial charge in [-0.3, -0.25) is 10.1 Å². The molecule has 1 aliphatic heterocycles. The van der Waals surface area contributed by atoms with E-state index >= 15 is 0 Å². The van der Waals surface area contributed by atoms with Crippen LogP contribution < -0.4 is 10.2 Å². The number of sulfone groups is 1. The van der Waals surface area contributed by atoms with Crippen molar-refractivity contribution in [2.75, 3.05) is 41.4 Å². The molecule has 0 aliphatic carbocycles. The molecule has 11 nitrogen and oxygen atoms in total. The van der Waals surface area contributed by atoms with Crippen molar-refractivity contribution in [3.05, 3.63) is 16.2 Å². The van der Waals surface area contributed by atoms with Gasteiger partial charge in [-0.15, -0.1) is 0 Å². The van der Waals surface area contributed by atoms with E-state index in [-0.39, 0.29) is 46.6 Å². The standard InChI is InChI=1S/C15H21N5O6S/c1-2-19(10-4-7-27(24,25)9-10)12-8-11(16-5-3-6-21)15(20(22)23)14-13(12)17-26-18-14/h8,10,16,21H,2-7,9H2,1H3. The number of hydrogen-bond acceptors (Lipinski definition) is 10. The monoisotopic (exact) mass is 399 g/mol. The van der Waals surface area contributed by atoms with Crippen molar-refractivity contribution >= 4 is 37.9 Å². The lowest BCUT2D eigenvalue weighted by atomic mass is 10.1. The van der Waals surface area contributed by atoms with Gasteiger partial charge >= 0.3 is 5.69 Å². The zero-order valence-electron chi connectivity index (χ0n) is 14.8. The zero-order chi connectivity index (χ0) is 19.6. The molecule has 0 bridgehead atoms. The summed E-state index contributed by atoms with van der Waals surface area (Å²) in [4.78, 5) is 12.9. The number of aromatic nitrogens is 2. The number of nitro benzene ring substituents is 1. The highest BCUT2D eigenvalue weighted by Crippen LogP contribution is 2.39. The van der Waals surface area contributed by atoms with Crippen LogP contribution in [0.15, 0.2) is 10.7 Å². The molecule has 1 aromatic carbocycles. The highest BCUT2D eigenvalue weighted by atomic mass is 32.2. The summed E-state index contributed by atoms with van der Waals surface area (Å²) in [5, 5.41) is 31.0. The van der Waals surface area contributed by atoms with Gasteiger partial charge in [0.15, 0.2) is 15.4 Å². The Hall–Kier alpha value is -2.47. The van der Waals surface area contributed by atoms with Gasteiger partial charge in [0.05, 0.1) is 22.1 Å². The van der Waals surface area contributed by atoms with E-state index in [1.807, 2.05) is 11.8 Å². The van der Waals surface area contributed by atoms with Crippen molar-refractivity contribution in [1.82, 2.24) is 10.3 Å². The maximum atomic E-state index is 11.9. The fraction of sp³-hybridized carbons (Fsp3) is 0.600. The summed E-state index contributed by atoms with van der Waals surface area (Å²) in [6, 6.07) is 1.34. The van der Waals surface area contributed by atoms with Crippen LogP contribution in [0.3, 0.4) is 0 Å². The second-order valence-corrected chi connectivity index (χ2v) is 8.59. The first-order valence-electron chi connectivity index (χ1n) is 8.63. The SMILES string of the molecule is CCN(c1cc(NCCCO)c([N+](=O)[O-])c2nonc12)C1CCS(=O)(=O)C1. The average molecular weight is 399 g/mol. The van der Waals surface area contributed by atoms with Crippen LogP contribution in [0.25, 0.3) is 11.0 Å². The van der Waals surface area contributed by atoms with Gasteiger partial charge in [-0.05, 0) is 36.1 Å². The second kappa shape index (κ2) is 7.64. The lowest BCUT2D eigenvalue weighted by Crippen LogP contribution is -2.36. The van der Waals surface area contributed by atoms with E-state index in [0.29, 0.717) is 31.6 Å². The molecular formula is C15H21N5O6S. The van der Waals surface area contributed by atoms with Crippen molar-refractivity contribution in [1.29, 1.82) is 0 Å². The van der Waals surface area contributed by atoms with E-state index in [4.69, 9.17) is 9.74 Å². The molecule has 1 aromatic heterocycles. The van der Waals surface area contributed by atoms with Gasteiger partial charge in [0.1, 0.15) is 5.69 Å². The smallest absolute Gasteiger partial charge is 0.323 e. The third kappa shape index (κ3) is 3.81. The van der Waals surface area contributed by atoms with Crippen LogP contribution in [-0.2, 0) is 9.84 Å². The number of nitro groups is 1. The van der Waals surface area contributed by atoms with Gasteiger partial charge in [-0.1, -0.05) is 0 Å². The first-order chi connectivity index (χ1) is 12.9. The zero-order valence-corrected chi connectivity index (χ0v) is 15.6. The van der Waals surface area contributed by atoms with Gasteiger partial charge in [0, 0.05) is 25.7 Å². The first-order valence-corrected chi connectivity index (χ1v) is 10.5. The van der Waals surface area contributed by atoms with Gasteiger partial charge in [0.2, 0.25) is 5.52 Å². The minimum absolute atomic E-state index is 0.00306. The third-order valence-corrected chi connectivity index (χ3v) is 6.37. The van der Waals surface area contributed by atoms with Gasteiger partial charge in [0.25, 0.3) is 0 Å². The molecule has 12 heteroatoms. The maximum absolute atomic E-state index is 11.9. The van der Waals surface area contributed by atoms with Crippen LogP contribution >= 0.6 is 0 Å². The van der Waals surface area contributed by atoms with Crippen LogP contribution in [0.4, 0.5) is 17.1 Å². The molecule has 3 rings (SSSR count). The summed E-state index contributed by atoms with van der Waals surface area (Å²) in [5.41, 5.74) is 0.728. The summed E-state index contributed by atoms with van der Waals surface area (Å²) in [7, 11) is -3.10. The van der Waals surface area contributed by atoms with E-state index in [0.717, 1.165) is 0 Å². The van der Waals surface area contributed by atoms with Crippen molar-refractivity contribution in [3.8, 4) is 0 Å². The number of aliphatic hydroxyl groups is 1. The Morgan fingerprint density at radius 2 is 2.19 bits per heavy atom. The average Bonchev–Trinajstić information content (AvgIpc) is 3.22. The quantitative estimate of drug-likeness (QED) is 0.372. The first kappa shape index (κ1) is 19.3. The van der Waals surface area contributed by atoms with Gasteiger partial charge in [-0.25, -0.2) is 13.0 Å². The number of anilines is 2. The van der Waals surface area contributed by atoms with E-state index < -0.39 is 14.8 Å². The lowest BCUT2D eigenvalue weighted by molar-refractivity contribution is -0.382. The van der Waals surface area contributed by atoms with Crippen LogP contribution in [0, 0.1) is 10.1 Å². The lowest BCUT2D eigenvalue weighted by Gasteiger charge is -2.29. The molecule has 1 fully saturated rings. The molecule has 1 saturated heterocycles. The van der Waals surface area contributed by atoms with Crippen molar-refractivity contribution in [2.24, 2.45) is 0 Å². The van der Waals surface area contributed by atoms with Crippen LogP contribution in [-0.4, -0.2) is 66.0 Å². The van der Waals surface area contributed by atoms with Crippen molar-refractivity contribution in [2.45, 2.75) is 25.8 Å². The predicted octanol–water partition coefficient (Wildman–Crippen LogP) is 0.939. The number of nitrogens with one attached hydrogen (secondary N) is 1. The molecule has 2 aromatic rings. The van der Waals surface area contributed by atoms with Crippen LogP contribution in [0.5, 0.6) is 0 Å². The Balaban J connectivity index is 2.10. The minimum Gasteiger partial charge on any atom is -0.396 e. The fourth-order valence-corrected chi connectivity index (χ4v) is 5.13. The molecule has 148 valence electrons. The number of rotatable bonds is 8. The van der Waals surface area contributed by atoms with E-state index in [9.17, 15) is 18.5 Å². The highest BCUT2D eigenvalue weighted by Gasteiger charge is 2.35. The second-order valence-electron chi connectivity index (χ2n) is 6.36. The number of hydrogen-bond donors (Lipinski definition) is 2. The van der Waals surface area contributed by atoms with E-state index in [1.165, 1.54) is 0 Å². The number of aliphatic hydroxyl groups excluding tert-OH is 1. The minimum atomic E-state index is -3.10. The Morgan fingerprint density at radius 1 is 1.44 bits per heavy atom. The molecule has 1 unspecified atom stereocenters. The number of benzene rings is 1. The fourth-order valence-electron chi connectivity index (χ4n) is 3.40. The molecule has 1 atom stereocenters. The van der Waals surface area contributed by atoms with Gasteiger partial charge < -0.3 is 15.3 Å². The molecule has 0 radical (unpaired) electrons. The van der Waals surface area contributed by atoms with Crippen molar-refractivity contribution < 1.29 is 23.1 Å². The van der Waals surface area contributed by atoms with Crippen molar-refractivity contribution in [3.63, 3.8) is 0 Å². The predicted molar refractivity (Wildman–Crippen MR) is 98.7 cm³/mol. The topological polar surface area (TPSA) is 152 Å². The van der Waals surface area contributed by atoms with Crippen LogP contribution in [0.2, 0.25) is 0 Å². The summed E-state index contributed by atoms with van der Waals surface area (Å²) in [5.74, 6) is 0.140. The molecule has 2 heterocycles. The van der Waals surface area contributed by atoms with Gasteiger partial charge in [-0.2, -0.15) is 0 Å². The van der Waals surface area contributed by atoms with E-state index in [2.05, 4.69) is 15.6 Å². The highest BCUT2D eigenvalue weighted by molar-refractivity contribution is 7.91. The molecule has 2 N–H and O–H groups in total. The molecular weight excluding hydrogens is 378 g/mol. The Kier molecular flexibility index (Phi) is 5.46. The third-order valence-electron chi connectivity index (χ3n) is 4.62. The Morgan fingerprint density at radius 3 is 2.78 bits per heavy atom. The molecule has 1 aliphatic rings. The van der Waals surface area contributed by atoms with Crippen LogP contribution in [0.1, 0.15) is 19.8 Å². The molecule has 0 saturated carbocycles. The number of fused-ring (bicyclic) bond motifs is 1. The molecule has 0 amide bonds. The van der Waals surface area contributed by atoms with E-state index in [1.54, 1.807) is 6.07 Å². The number of nitrogens with zero attached hydrogens (tertiary/aromatic N) is 4. The summed E-state index contributed by atoms with van der Waals surface area (Å²) in [6.45, 7) is 2.65. The summed E-state index contributed by atoms with van der Waals surface area (Å²) in [6.07, 6.45) is 0.896. The maximum Gasteiger partial charge on any atom is 0.323 e. The largest absolute Gasteiger partial charge is 0.396 e. The summed E-state index contributed by atoms with van der Waals surface area (Å²) < 4.78 is 28.5. The summed E-state index contributed by atoms with van der Waals surface area (Å²) >= 11 is 0. The normalized spacial score (nSPS) is 18.7. The Labute approximate surface area is 155 Å². The Bertz CT molecular complexity index is 944.